The van der Waals surface area contributed by atoms with E-state index in [0.29, 0.717) is 42.3 Å². The highest BCUT2D eigenvalue weighted by Gasteiger charge is 2.29. The minimum atomic E-state index is -3.58. The van der Waals surface area contributed by atoms with Crippen LogP contribution in [0.3, 0.4) is 0 Å². The molecule has 0 aromatic carbocycles. The van der Waals surface area contributed by atoms with Crippen LogP contribution in [0.15, 0.2) is 24.4 Å². The van der Waals surface area contributed by atoms with Crippen LogP contribution >= 0.6 is 11.6 Å². The molecule has 0 bridgehead atoms. The molecule has 8 nitrogen and oxygen atoms in total. The Morgan fingerprint density at radius 3 is 2.66 bits per heavy atom. The van der Waals surface area contributed by atoms with Crippen LogP contribution < -0.4 is 4.72 Å². The SMILES string of the molecule is CC(C)(C)OC(=O)N1CCC(NS(=O)(=O)Cc2ccc3cnc(Cl)cc3n2)CC1. The van der Waals surface area contributed by atoms with E-state index >= 15 is 0 Å². The number of hydrogen-bond donors (Lipinski definition) is 1. The quantitative estimate of drug-likeness (QED) is 0.733. The first-order chi connectivity index (χ1) is 13.5. The van der Waals surface area contributed by atoms with Crippen LogP contribution in [0.2, 0.25) is 5.15 Å². The molecule has 158 valence electrons. The lowest BCUT2D eigenvalue weighted by atomic mass is 10.1. The van der Waals surface area contributed by atoms with Gasteiger partial charge in [-0.3, -0.25) is 4.98 Å². The molecule has 29 heavy (non-hydrogen) atoms. The van der Waals surface area contributed by atoms with Gasteiger partial charge in [0.15, 0.2) is 0 Å². The largest absolute Gasteiger partial charge is 0.444 e. The van der Waals surface area contributed by atoms with Gasteiger partial charge in [-0.2, -0.15) is 0 Å². The van der Waals surface area contributed by atoms with E-state index in [1.807, 2.05) is 20.8 Å². The number of ether oxygens (including phenoxy) is 1. The third-order valence-corrected chi connectivity index (χ3v) is 6.00. The van der Waals surface area contributed by atoms with Crippen LogP contribution in [0.4, 0.5) is 4.79 Å². The average Bonchev–Trinajstić information content (AvgIpc) is 2.59. The Morgan fingerprint density at radius 2 is 2.00 bits per heavy atom. The lowest BCUT2D eigenvalue weighted by Gasteiger charge is -2.33. The van der Waals surface area contributed by atoms with Crippen molar-refractivity contribution >= 4 is 38.6 Å². The van der Waals surface area contributed by atoms with Gasteiger partial charge in [0, 0.05) is 36.8 Å². The molecule has 0 atom stereocenters. The second-order valence-electron chi connectivity index (χ2n) is 8.12. The molecular formula is C19H25ClN4O4S. The number of pyridine rings is 2. The van der Waals surface area contributed by atoms with E-state index in [2.05, 4.69) is 14.7 Å². The summed E-state index contributed by atoms with van der Waals surface area (Å²) in [7, 11) is -3.58. The minimum absolute atomic E-state index is 0.224. The van der Waals surface area contributed by atoms with Crippen LogP contribution in [-0.4, -0.2) is 54.1 Å². The van der Waals surface area contributed by atoms with Crippen LogP contribution in [0, 0.1) is 0 Å². The van der Waals surface area contributed by atoms with Gasteiger partial charge >= 0.3 is 6.09 Å². The van der Waals surface area contributed by atoms with Crippen molar-refractivity contribution in [2.75, 3.05) is 13.1 Å². The van der Waals surface area contributed by atoms with E-state index in [4.69, 9.17) is 16.3 Å². The first-order valence-electron chi connectivity index (χ1n) is 9.40. The van der Waals surface area contributed by atoms with Crippen LogP contribution in [0.5, 0.6) is 0 Å². The molecular weight excluding hydrogens is 416 g/mol. The predicted molar refractivity (Wildman–Crippen MR) is 111 cm³/mol. The molecule has 0 spiro atoms. The Hall–Kier alpha value is -1.97. The average molecular weight is 441 g/mol. The molecule has 2 aromatic heterocycles. The number of amides is 1. The number of carbonyl (C=O) groups is 1. The number of carbonyl (C=O) groups excluding carboxylic acids is 1. The Bertz CT molecular complexity index is 999. The molecule has 0 unspecified atom stereocenters. The zero-order valence-corrected chi connectivity index (χ0v) is 18.3. The summed E-state index contributed by atoms with van der Waals surface area (Å²) in [6.45, 7) is 6.34. The highest BCUT2D eigenvalue weighted by atomic mass is 35.5. The van der Waals surface area contributed by atoms with Gasteiger partial charge in [-0.05, 0) is 45.7 Å². The highest BCUT2D eigenvalue weighted by molar-refractivity contribution is 7.88. The smallest absolute Gasteiger partial charge is 0.410 e. The van der Waals surface area contributed by atoms with E-state index in [0.717, 1.165) is 5.39 Å². The van der Waals surface area contributed by atoms with Crippen molar-refractivity contribution in [2.24, 2.45) is 0 Å². The lowest BCUT2D eigenvalue weighted by molar-refractivity contribution is 0.0203. The normalized spacial score (nSPS) is 16.2. The first-order valence-corrected chi connectivity index (χ1v) is 11.4. The summed E-state index contributed by atoms with van der Waals surface area (Å²) in [4.78, 5) is 22.1. The molecule has 3 rings (SSSR count). The standard InChI is InChI=1S/C19H25ClN4O4S/c1-19(2,3)28-18(25)24-8-6-14(7-9-24)23-29(26,27)12-15-5-4-13-11-21-17(20)10-16(13)22-15/h4-5,10-11,14,23H,6-9,12H2,1-3H3. The molecule has 2 aromatic rings. The number of likely N-dealkylation sites (tertiary alicyclic amines) is 1. The molecule has 0 saturated carbocycles. The van der Waals surface area contributed by atoms with Gasteiger partial charge < -0.3 is 9.64 Å². The van der Waals surface area contributed by atoms with Gasteiger partial charge in [-0.1, -0.05) is 11.6 Å². The molecule has 1 fully saturated rings. The van der Waals surface area contributed by atoms with E-state index in [1.54, 1.807) is 29.3 Å². The number of halogens is 1. The summed E-state index contributed by atoms with van der Waals surface area (Å²) in [6.07, 6.45) is 2.29. The van der Waals surface area contributed by atoms with Crippen LogP contribution in [0.25, 0.3) is 10.9 Å². The molecule has 3 heterocycles. The summed E-state index contributed by atoms with van der Waals surface area (Å²) in [6, 6.07) is 4.82. The van der Waals surface area contributed by atoms with Crippen LogP contribution in [0.1, 0.15) is 39.3 Å². The minimum Gasteiger partial charge on any atom is -0.444 e. The molecule has 1 aliphatic rings. The van der Waals surface area contributed by atoms with Crippen molar-refractivity contribution < 1.29 is 17.9 Å². The van der Waals surface area contributed by atoms with Gasteiger partial charge in [-0.25, -0.2) is 22.9 Å². The number of fused-ring (bicyclic) bond motifs is 1. The first kappa shape index (κ1) is 21.7. The fraction of sp³-hybridized carbons (Fsp3) is 0.526. The molecule has 1 aliphatic heterocycles. The summed E-state index contributed by atoms with van der Waals surface area (Å²) >= 11 is 5.88. The van der Waals surface area contributed by atoms with Crippen molar-refractivity contribution in [1.82, 2.24) is 19.6 Å². The van der Waals surface area contributed by atoms with E-state index < -0.39 is 15.6 Å². The van der Waals surface area contributed by atoms with Crippen molar-refractivity contribution in [2.45, 2.75) is 51.0 Å². The third-order valence-electron chi connectivity index (χ3n) is 4.43. The second-order valence-corrected chi connectivity index (χ2v) is 10.3. The molecule has 0 aliphatic carbocycles. The number of nitrogens with one attached hydrogen (secondary N) is 1. The summed E-state index contributed by atoms with van der Waals surface area (Å²) in [5, 5.41) is 1.10. The van der Waals surface area contributed by atoms with Crippen molar-refractivity contribution in [1.29, 1.82) is 0 Å². The monoisotopic (exact) mass is 440 g/mol. The van der Waals surface area contributed by atoms with Crippen LogP contribution in [-0.2, 0) is 20.5 Å². The van der Waals surface area contributed by atoms with Gasteiger partial charge in [0.25, 0.3) is 0 Å². The number of rotatable bonds is 4. The molecule has 10 heteroatoms. The molecule has 0 radical (unpaired) electrons. The molecule has 1 saturated heterocycles. The fourth-order valence-corrected chi connectivity index (χ4v) is 4.64. The van der Waals surface area contributed by atoms with Gasteiger partial charge in [0.2, 0.25) is 10.0 Å². The van der Waals surface area contributed by atoms with Gasteiger partial charge in [0.1, 0.15) is 16.5 Å². The highest BCUT2D eigenvalue weighted by Crippen LogP contribution is 2.18. The number of hydrogen-bond acceptors (Lipinski definition) is 6. The maximum absolute atomic E-state index is 12.6. The summed E-state index contributed by atoms with van der Waals surface area (Å²) in [5.41, 5.74) is 0.477. The van der Waals surface area contributed by atoms with Gasteiger partial charge in [0.05, 0.1) is 11.2 Å². The van der Waals surface area contributed by atoms with E-state index in [9.17, 15) is 13.2 Å². The zero-order valence-electron chi connectivity index (χ0n) is 16.7. The second kappa shape index (κ2) is 8.41. The lowest BCUT2D eigenvalue weighted by Crippen LogP contribution is -2.47. The number of nitrogens with zero attached hydrogens (tertiary/aromatic N) is 3. The van der Waals surface area contributed by atoms with E-state index in [1.165, 1.54) is 0 Å². The zero-order chi connectivity index (χ0) is 21.2. The maximum atomic E-state index is 12.6. The Labute approximate surface area is 175 Å². The number of sulfonamides is 1. The summed E-state index contributed by atoms with van der Waals surface area (Å²) in [5.74, 6) is -0.227. The van der Waals surface area contributed by atoms with Gasteiger partial charge in [-0.15, -0.1) is 0 Å². The fourth-order valence-electron chi connectivity index (χ4n) is 3.11. The van der Waals surface area contributed by atoms with Crippen molar-refractivity contribution in [3.63, 3.8) is 0 Å². The molecule has 1 amide bonds. The van der Waals surface area contributed by atoms with Crippen molar-refractivity contribution in [3.05, 3.63) is 35.2 Å². The maximum Gasteiger partial charge on any atom is 0.410 e. The van der Waals surface area contributed by atoms with E-state index in [-0.39, 0.29) is 17.9 Å². The number of aromatic nitrogens is 2. The molecule has 1 N–H and O–H groups in total. The number of piperidine rings is 1. The Kier molecular flexibility index (Phi) is 6.30. The van der Waals surface area contributed by atoms with Crippen molar-refractivity contribution in [3.8, 4) is 0 Å². The topological polar surface area (TPSA) is 101 Å². The predicted octanol–water partition coefficient (Wildman–Crippen LogP) is 3.10. The third kappa shape index (κ3) is 6.25. The Balaban J connectivity index is 1.57. The Morgan fingerprint density at radius 1 is 1.31 bits per heavy atom. The summed E-state index contributed by atoms with van der Waals surface area (Å²) < 4.78 is 33.2.